The zero-order valence-electron chi connectivity index (χ0n) is 12.1. The van der Waals surface area contributed by atoms with Crippen LogP contribution in [-0.4, -0.2) is 5.54 Å². The molecule has 2 heteroatoms. The fourth-order valence-corrected chi connectivity index (χ4v) is 3.19. The van der Waals surface area contributed by atoms with Crippen LogP contribution in [0.15, 0.2) is 23.4 Å². The van der Waals surface area contributed by atoms with E-state index < -0.39 is 0 Å². The summed E-state index contributed by atoms with van der Waals surface area (Å²) in [6.07, 6.45) is 4.25. The van der Waals surface area contributed by atoms with Gasteiger partial charge < -0.3 is 11.5 Å². The van der Waals surface area contributed by atoms with E-state index in [9.17, 15) is 0 Å². The molecular weight excluding hydrogens is 208 g/mol. The molecule has 0 saturated carbocycles. The molecule has 17 heavy (non-hydrogen) atoms. The molecule has 0 saturated heterocycles. The Morgan fingerprint density at radius 1 is 1.12 bits per heavy atom. The van der Waals surface area contributed by atoms with E-state index in [1.165, 1.54) is 5.57 Å². The van der Waals surface area contributed by atoms with Crippen LogP contribution in [0.1, 0.15) is 41.5 Å². The maximum Gasteiger partial charge on any atom is 0.0483 e. The summed E-state index contributed by atoms with van der Waals surface area (Å²) in [5.74, 6) is 1.68. The second-order valence-electron chi connectivity index (χ2n) is 6.24. The lowest BCUT2D eigenvalue weighted by atomic mass is 9.62. The zero-order valence-corrected chi connectivity index (χ0v) is 12.1. The van der Waals surface area contributed by atoms with E-state index in [0.717, 1.165) is 5.70 Å². The van der Waals surface area contributed by atoms with Crippen LogP contribution in [0.4, 0.5) is 0 Å². The third-order valence-corrected chi connectivity index (χ3v) is 4.06. The molecule has 0 radical (unpaired) electrons. The van der Waals surface area contributed by atoms with Crippen molar-refractivity contribution in [3.63, 3.8) is 0 Å². The summed E-state index contributed by atoms with van der Waals surface area (Å²) in [6.45, 7) is 13.2. The first-order chi connectivity index (χ1) is 7.72. The number of nitrogens with two attached hydrogens (primary N) is 2. The summed E-state index contributed by atoms with van der Waals surface area (Å²) in [6, 6.07) is 0. The van der Waals surface area contributed by atoms with Crippen LogP contribution in [0.3, 0.4) is 0 Å². The largest absolute Gasteiger partial charge is 0.399 e. The van der Waals surface area contributed by atoms with Gasteiger partial charge in [0.25, 0.3) is 0 Å². The number of hydrogen-bond acceptors (Lipinski definition) is 2. The van der Waals surface area contributed by atoms with Gasteiger partial charge in [-0.1, -0.05) is 47.6 Å². The highest BCUT2D eigenvalue weighted by atomic mass is 14.8. The van der Waals surface area contributed by atoms with Gasteiger partial charge in [0.2, 0.25) is 0 Å². The van der Waals surface area contributed by atoms with E-state index in [1.807, 2.05) is 6.08 Å². The summed E-state index contributed by atoms with van der Waals surface area (Å²) in [5.41, 5.74) is 14.8. The highest BCUT2D eigenvalue weighted by Gasteiger charge is 2.44. The summed E-state index contributed by atoms with van der Waals surface area (Å²) in [4.78, 5) is 0. The molecule has 98 valence electrons. The maximum atomic E-state index is 6.79. The highest BCUT2D eigenvalue weighted by Crippen LogP contribution is 2.43. The monoisotopic (exact) mass is 236 g/mol. The van der Waals surface area contributed by atoms with Crippen molar-refractivity contribution < 1.29 is 0 Å². The molecule has 0 spiro atoms. The Morgan fingerprint density at radius 3 is 2.00 bits per heavy atom. The molecule has 0 bridgehead atoms. The van der Waals surface area contributed by atoms with Gasteiger partial charge in [-0.15, -0.1) is 0 Å². The normalized spacial score (nSPS) is 29.9. The van der Waals surface area contributed by atoms with Gasteiger partial charge in [-0.25, -0.2) is 0 Å². The first-order valence-electron chi connectivity index (χ1n) is 6.70. The molecule has 0 aromatic carbocycles. The first-order valence-corrected chi connectivity index (χ1v) is 6.70. The van der Waals surface area contributed by atoms with Crippen LogP contribution in [0.2, 0.25) is 0 Å². The molecule has 0 amide bonds. The second kappa shape index (κ2) is 4.85. The van der Waals surface area contributed by atoms with Crippen LogP contribution in [0.25, 0.3) is 0 Å². The number of allylic oxidation sites excluding steroid dienone is 1. The van der Waals surface area contributed by atoms with E-state index >= 15 is 0 Å². The molecule has 2 unspecified atom stereocenters. The Morgan fingerprint density at radius 2 is 1.65 bits per heavy atom. The van der Waals surface area contributed by atoms with Gasteiger partial charge in [-0.2, -0.15) is 0 Å². The van der Waals surface area contributed by atoms with Crippen molar-refractivity contribution in [3.05, 3.63) is 23.4 Å². The second-order valence-corrected chi connectivity index (χ2v) is 6.24. The van der Waals surface area contributed by atoms with Gasteiger partial charge in [-0.05, 0) is 29.4 Å². The minimum absolute atomic E-state index is 0.304. The lowest BCUT2D eigenvalue weighted by Crippen LogP contribution is -2.57. The molecule has 4 N–H and O–H groups in total. The molecular formula is C15H28N2. The smallest absolute Gasteiger partial charge is 0.0483 e. The van der Waals surface area contributed by atoms with Crippen molar-refractivity contribution in [2.75, 3.05) is 0 Å². The molecule has 0 heterocycles. The van der Waals surface area contributed by atoms with Crippen molar-refractivity contribution in [2.24, 2.45) is 35.1 Å². The Bertz CT molecular complexity index is 337. The minimum Gasteiger partial charge on any atom is -0.399 e. The molecule has 2 nitrogen and oxygen atoms in total. The fourth-order valence-electron chi connectivity index (χ4n) is 3.19. The maximum absolute atomic E-state index is 6.79. The fraction of sp³-hybridized carbons (Fsp3) is 0.733. The highest BCUT2D eigenvalue weighted by molar-refractivity contribution is 5.40. The molecule has 1 rings (SSSR count). The topological polar surface area (TPSA) is 52.0 Å². The predicted octanol–water partition coefficient (Wildman–Crippen LogP) is 3.05. The van der Waals surface area contributed by atoms with Gasteiger partial charge in [-0.3, -0.25) is 0 Å². The van der Waals surface area contributed by atoms with Crippen LogP contribution in [0, 0.1) is 23.7 Å². The molecule has 0 aromatic heterocycles. The number of hydrogen-bond donors (Lipinski definition) is 2. The third kappa shape index (κ3) is 2.28. The minimum atomic E-state index is -0.304. The predicted molar refractivity (Wildman–Crippen MR) is 75.3 cm³/mol. The Kier molecular flexibility index (Phi) is 4.08. The average molecular weight is 236 g/mol. The zero-order chi connectivity index (χ0) is 13.4. The van der Waals surface area contributed by atoms with E-state index in [1.54, 1.807) is 0 Å². The number of rotatable bonds is 3. The molecule has 1 aliphatic carbocycles. The SMILES string of the molecule is CC(C)C1=C(N)C=CC(C(C)C)C1(N)C(C)C. The molecule has 0 aliphatic heterocycles. The first kappa shape index (κ1) is 14.3. The van der Waals surface area contributed by atoms with E-state index in [0.29, 0.717) is 23.7 Å². The Balaban J connectivity index is 3.35. The van der Waals surface area contributed by atoms with E-state index in [-0.39, 0.29) is 5.54 Å². The van der Waals surface area contributed by atoms with Crippen molar-refractivity contribution in [1.82, 2.24) is 0 Å². The van der Waals surface area contributed by atoms with Gasteiger partial charge in [0.05, 0.1) is 0 Å². The lowest BCUT2D eigenvalue weighted by Gasteiger charge is -2.47. The molecule has 1 aliphatic rings. The van der Waals surface area contributed by atoms with Crippen LogP contribution >= 0.6 is 0 Å². The van der Waals surface area contributed by atoms with Gasteiger partial charge in [0.1, 0.15) is 0 Å². The van der Waals surface area contributed by atoms with Crippen molar-refractivity contribution in [2.45, 2.75) is 47.1 Å². The summed E-state index contributed by atoms with van der Waals surface area (Å²) >= 11 is 0. The van der Waals surface area contributed by atoms with E-state index in [2.05, 4.69) is 47.6 Å². The van der Waals surface area contributed by atoms with Crippen molar-refractivity contribution in [1.29, 1.82) is 0 Å². The van der Waals surface area contributed by atoms with Crippen LogP contribution in [-0.2, 0) is 0 Å². The summed E-state index contributed by atoms with van der Waals surface area (Å²) < 4.78 is 0. The standard InChI is InChI=1S/C15H28N2/c1-9(2)12-7-8-13(16)14(10(3)4)15(12,17)11(5)6/h7-12H,16-17H2,1-6H3. The van der Waals surface area contributed by atoms with Gasteiger partial charge in [0, 0.05) is 17.2 Å². The Labute approximate surface area is 106 Å². The summed E-state index contributed by atoms with van der Waals surface area (Å²) in [5, 5.41) is 0. The average Bonchev–Trinajstić information content (AvgIpc) is 2.15. The van der Waals surface area contributed by atoms with Crippen molar-refractivity contribution >= 4 is 0 Å². The summed E-state index contributed by atoms with van der Waals surface area (Å²) in [7, 11) is 0. The lowest BCUT2D eigenvalue weighted by molar-refractivity contribution is 0.211. The van der Waals surface area contributed by atoms with Gasteiger partial charge in [0.15, 0.2) is 0 Å². The van der Waals surface area contributed by atoms with Crippen molar-refractivity contribution in [3.8, 4) is 0 Å². The van der Waals surface area contributed by atoms with Crippen LogP contribution < -0.4 is 11.5 Å². The molecule has 2 atom stereocenters. The van der Waals surface area contributed by atoms with Crippen LogP contribution in [0.5, 0.6) is 0 Å². The quantitative estimate of drug-likeness (QED) is 0.791. The molecule has 0 aromatic rings. The Hall–Kier alpha value is -0.760. The molecule has 0 fully saturated rings. The van der Waals surface area contributed by atoms with E-state index in [4.69, 9.17) is 11.5 Å². The third-order valence-electron chi connectivity index (χ3n) is 4.06. The van der Waals surface area contributed by atoms with Gasteiger partial charge >= 0.3 is 0 Å².